The van der Waals surface area contributed by atoms with Crippen LogP contribution in [0, 0.1) is 0 Å². The standard InChI is InChI=1S/C19H20N4O/c24-19(18-11-13-5-1-3-7-16(13)22-23-18)20-10-9-14-12-21-17-8-4-2-6-15(14)17/h2,4,6,8,11-12,21H,1,3,5,7,9-10H2,(H,20,24). The van der Waals surface area contributed by atoms with Crippen molar-refractivity contribution in [2.45, 2.75) is 32.1 Å². The second kappa shape index (κ2) is 6.43. The minimum absolute atomic E-state index is 0.143. The van der Waals surface area contributed by atoms with Gasteiger partial charge in [-0.3, -0.25) is 4.79 Å². The monoisotopic (exact) mass is 320 g/mol. The van der Waals surface area contributed by atoms with Gasteiger partial charge in [-0.05, 0) is 55.4 Å². The molecule has 5 heteroatoms. The molecule has 1 aliphatic carbocycles. The van der Waals surface area contributed by atoms with Gasteiger partial charge in [-0.1, -0.05) is 18.2 Å². The number of rotatable bonds is 4. The lowest BCUT2D eigenvalue weighted by Crippen LogP contribution is -2.27. The molecule has 0 radical (unpaired) electrons. The van der Waals surface area contributed by atoms with Gasteiger partial charge in [0.25, 0.3) is 5.91 Å². The molecular weight excluding hydrogens is 300 g/mol. The van der Waals surface area contributed by atoms with Crippen molar-refractivity contribution >= 4 is 16.8 Å². The van der Waals surface area contributed by atoms with Crippen LogP contribution in [0.4, 0.5) is 0 Å². The van der Waals surface area contributed by atoms with E-state index >= 15 is 0 Å². The number of aryl methyl sites for hydroxylation is 2. The second-order valence-electron chi connectivity index (χ2n) is 6.27. The lowest BCUT2D eigenvalue weighted by Gasteiger charge is -2.14. The summed E-state index contributed by atoms with van der Waals surface area (Å²) in [5, 5.41) is 12.5. The Bertz CT molecular complexity index is 884. The number of para-hydroxylation sites is 1. The van der Waals surface area contributed by atoms with Gasteiger partial charge in [0.1, 0.15) is 0 Å². The summed E-state index contributed by atoms with van der Waals surface area (Å²) in [6, 6.07) is 10.1. The molecule has 0 fully saturated rings. The summed E-state index contributed by atoms with van der Waals surface area (Å²) < 4.78 is 0. The predicted octanol–water partition coefficient (Wildman–Crippen LogP) is 2.81. The van der Waals surface area contributed by atoms with E-state index in [-0.39, 0.29) is 5.91 Å². The first-order chi connectivity index (χ1) is 11.8. The molecule has 1 aliphatic rings. The maximum absolute atomic E-state index is 12.3. The topological polar surface area (TPSA) is 70.7 Å². The maximum Gasteiger partial charge on any atom is 0.271 e. The van der Waals surface area contributed by atoms with E-state index in [1.54, 1.807) is 0 Å². The van der Waals surface area contributed by atoms with Gasteiger partial charge >= 0.3 is 0 Å². The van der Waals surface area contributed by atoms with Crippen molar-refractivity contribution in [3.8, 4) is 0 Å². The van der Waals surface area contributed by atoms with Crippen LogP contribution in [0.1, 0.15) is 40.2 Å². The van der Waals surface area contributed by atoms with E-state index in [4.69, 9.17) is 0 Å². The molecule has 2 N–H and O–H groups in total. The van der Waals surface area contributed by atoms with Crippen molar-refractivity contribution < 1.29 is 4.79 Å². The van der Waals surface area contributed by atoms with E-state index in [2.05, 4.69) is 32.6 Å². The summed E-state index contributed by atoms with van der Waals surface area (Å²) >= 11 is 0. The van der Waals surface area contributed by atoms with Gasteiger partial charge in [0.15, 0.2) is 5.69 Å². The summed E-state index contributed by atoms with van der Waals surface area (Å²) in [6.45, 7) is 0.583. The highest BCUT2D eigenvalue weighted by Gasteiger charge is 2.15. The van der Waals surface area contributed by atoms with Crippen LogP contribution in [0.3, 0.4) is 0 Å². The summed E-state index contributed by atoms with van der Waals surface area (Å²) in [6.07, 6.45) is 7.10. The molecule has 5 nitrogen and oxygen atoms in total. The molecule has 24 heavy (non-hydrogen) atoms. The van der Waals surface area contributed by atoms with E-state index in [1.165, 1.54) is 22.9 Å². The molecule has 0 atom stereocenters. The Morgan fingerprint density at radius 3 is 3.00 bits per heavy atom. The molecule has 0 spiro atoms. The van der Waals surface area contributed by atoms with Crippen LogP contribution in [0.15, 0.2) is 36.5 Å². The minimum Gasteiger partial charge on any atom is -0.361 e. The average Bonchev–Trinajstić information content (AvgIpc) is 3.04. The highest BCUT2D eigenvalue weighted by atomic mass is 16.1. The normalized spacial score (nSPS) is 13.7. The zero-order valence-corrected chi connectivity index (χ0v) is 13.5. The van der Waals surface area contributed by atoms with Gasteiger partial charge in [0.05, 0.1) is 5.69 Å². The number of nitrogens with one attached hydrogen (secondary N) is 2. The lowest BCUT2D eigenvalue weighted by molar-refractivity contribution is 0.0948. The van der Waals surface area contributed by atoms with Crippen LogP contribution in [0.2, 0.25) is 0 Å². The fourth-order valence-electron chi connectivity index (χ4n) is 3.34. The Kier molecular flexibility index (Phi) is 3.99. The number of aromatic amines is 1. The summed E-state index contributed by atoms with van der Waals surface area (Å²) in [7, 11) is 0. The van der Waals surface area contributed by atoms with Gasteiger partial charge < -0.3 is 10.3 Å². The minimum atomic E-state index is -0.143. The van der Waals surface area contributed by atoms with Crippen molar-refractivity contribution in [1.82, 2.24) is 20.5 Å². The Hall–Kier alpha value is -2.69. The van der Waals surface area contributed by atoms with Crippen molar-refractivity contribution in [3.63, 3.8) is 0 Å². The van der Waals surface area contributed by atoms with Crippen LogP contribution in [0.5, 0.6) is 0 Å². The van der Waals surface area contributed by atoms with E-state index in [9.17, 15) is 4.79 Å². The summed E-state index contributed by atoms with van der Waals surface area (Å²) in [5.41, 5.74) is 4.99. The van der Waals surface area contributed by atoms with Crippen LogP contribution in [0.25, 0.3) is 10.9 Å². The van der Waals surface area contributed by atoms with E-state index in [0.29, 0.717) is 12.2 Å². The molecule has 1 amide bonds. The third-order valence-corrected chi connectivity index (χ3v) is 4.66. The Labute approximate surface area is 140 Å². The Balaban J connectivity index is 1.40. The van der Waals surface area contributed by atoms with Gasteiger partial charge in [-0.25, -0.2) is 0 Å². The van der Waals surface area contributed by atoms with Crippen molar-refractivity contribution in [3.05, 3.63) is 59.0 Å². The molecular formula is C19H20N4O. The number of nitrogens with zero attached hydrogens (tertiary/aromatic N) is 2. The largest absolute Gasteiger partial charge is 0.361 e. The van der Waals surface area contributed by atoms with Crippen LogP contribution >= 0.6 is 0 Å². The van der Waals surface area contributed by atoms with E-state index in [1.807, 2.05) is 24.4 Å². The Morgan fingerprint density at radius 1 is 1.17 bits per heavy atom. The molecule has 0 aliphatic heterocycles. The molecule has 2 heterocycles. The molecule has 0 saturated heterocycles. The quantitative estimate of drug-likeness (QED) is 0.776. The number of H-pyrrole nitrogens is 1. The first-order valence-electron chi connectivity index (χ1n) is 8.50. The number of hydrogen-bond acceptors (Lipinski definition) is 3. The number of carbonyl (C=O) groups is 1. The third kappa shape index (κ3) is 2.89. The van der Waals surface area contributed by atoms with Gasteiger partial charge in [-0.15, -0.1) is 5.10 Å². The maximum atomic E-state index is 12.3. The van der Waals surface area contributed by atoms with E-state index in [0.717, 1.165) is 36.9 Å². The summed E-state index contributed by atoms with van der Waals surface area (Å²) in [4.78, 5) is 15.6. The molecule has 122 valence electrons. The molecule has 4 rings (SSSR count). The number of aromatic nitrogens is 3. The van der Waals surface area contributed by atoms with Gasteiger partial charge in [-0.2, -0.15) is 5.10 Å². The fraction of sp³-hybridized carbons (Fsp3) is 0.316. The third-order valence-electron chi connectivity index (χ3n) is 4.66. The van der Waals surface area contributed by atoms with Crippen molar-refractivity contribution in [2.24, 2.45) is 0 Å². The van der Waals surface area contributed by atoms with Crippen molar-refractivity contribution in [2.75, 3.05) is 6.54 Å². The molecule has 0 unspecified atom stereocenters. The highest BCUT2D eigenvalue weighted by Crippen LogP contribution is 2.19. The zero-order valence-electron chi connectivity index (χ0n) is 13.5. The first kappa shape index (κ1) is 14.9. The fourth-order valence-corrected chi connectivity index (χ4v) is 3.34. The smallest absolute Gasteiger partial charge is 0.271 e. The average molecular weight is 320 g/mol. The summed E-state index contributed by atoms with van der Waals surface area (Å²) in [5.74, 6) is -0.143. The second-order valence-corrected chi connectivity index (χ2v) is 6.27. The number of hydrogen-bond donors (Lipinski definition) is 2. The molecule has 1 aromatic carbocycles. The first-order valence-corrected chi connectivity index (χ1v) is 8.50. The van der Waals surface area contributed by atoms with Gasteiger partial charge in [0.2, 0.25) is 0 Å². The number of benzene rings is 1. The van der Waals surface area contributed by atoms with Crippen LogP contribution in [-0.2, 0) is 19.3 Å². The predicted molar refractivity (Wildman–Crippen MR) is 93.0 cm³/mol. The van der Waals surface area contributed by atoms with Gasteiger partial charge in [0, 0.05) is 23.6 Å². The molecule has 0 bridgehead atoms. The highest BCUT2D eigenvalue weighted by molar-refractivity contribution is 5.92. The number of amides is 1. The van der Waals surface area contributed by atoms with Crippen molar-refractivity contribution in [1.29, 1.82) is 0 Å². The molecule has 3 aromatic rings. The SMILES string of the molecule is O=C(NCCc1c[nH]c2ccccc12)c1cc2c(nn1)CCCC2. The number of carbonyl (C=O) groups excluding carboxylic acids is 1. The van der Waals surface area contributed by atoms with E-state index < -0.39 is 0 Å². The Morgan fingerprint density at radius 2 is 2.04 bits per heavy atom. The number of fused-ring (bicyclic) bond motifs is 2. The zero-order chi connectivity index (χ0) is 16.4. The molecule has 0 saturated carbocycles. The van der Waals surface area contributed by atoms with Crippen LogP contribution < -0.4 is 5.32 Å². The van der Waals surface area contributed by atoms with Crippen LogP contribution in [-0.4, -0.2) is 27.6 Å². The molecule has 2 aromatic heterocycles. The lowest BCUT2D eigenvalue weighted by atomic mass is 9.96.